The Bertz CT molecular complexity index is 467. The van der Waals surface area contributed by atoms with E-state index >= 15 is 0 Å². The fourth-order valence-corrected chi connectivity index (χ4v) is 3.16. The SMILES string of the molecule is CCN(CC(C)C)c1sc(C(C)=O)c(N)c1OC(C)C. The number of carbonyl (C=O) groups is 1. The molecule has 0 fully saturated rings. The molecule has 1 aromatic heterocycles. The van der Waals surface area contributed by atoms with Crippen molar-refractivity contribution in [3.05, 3.63) is 4.88 Å². The van der Waals surface area contributed by atoms with Gasteiger partial charge in [-0.2, -0.15) is 0 Å². The van der Waals surface area contributed by atoms with Crippen LogP contribution in [0.1, 0.15) is 51.2 Å². The lowest BCUT2D eigenvalue weighted by molar-refractivity contribution is 0.102. The van der Waals surface area contributed by atoms with E-state index in [2.05, 4.69) is 25.7 Å². The Balaban J connectivity index is 3.27. The van der Waals surface area contributed by atoms with E-state index in [-0.39, 0.29) is 11.9 Å². The van der Waals surface area contributed by atoms with E-state index in [9.17, 15) is 4.79 Å². The van der Waals surface area contributed by atoms with Gasteiger partial charge >= 0.3 is 0 Å². The van der Waals surface area contributed by atoms with Crippen LogP contribution >= 0.6 is 11.3 Å². The molecule has 0 saturated heterocycles. The number of rotatable bonds is 7. The van der Waals surface area contributed by atoms with Gasteiger partial charge in [0.25, 0.3) is 0 Å². The summed E-state index contributed by atoms with van der Waals surface area (Å²) in [5.74, 6) is 1.19. The molecular formula is C15H26N2O2S. The van der Waals surface area contributed by atoms with Crippen molar-refractivity contribution in [2.45, 2.75) is 47.6 Å². The highest BCUT2D eigenvalue weighted by molar-refractivity contribution is 7.19. The van der Waals surface area contributed by atoms with Crippen molar-refractivity contribution in [1.82, 2.24) is 0 Å². The Kier molecular flexibility index (Phi) is 5.87. The lowest BCUT2D eigenvalue weighted by Gasteiger charge is -2.25. The van der Waals surface area contributed by atoms with Crippen LogP contribution in [0, 0.1) is 5.92 Å². The van der Waals surface area contributed by atoms with Crippen LogP contribution in [-0.4, -0.2) is 25.0 Å². The van der Waals surface area contributed by atoms with Crippen molar-refractivity contribution in [3.63, 3.8) is 0 Å². The van der Waals surface area contributed by atoms with E-state index in [0.717, 1.165) is 18.1 Å². The molecule has 5 heteroatoms. The lowest BCUT2D eigenvalue weighted by Crippen LogP contribution is -2.27. The summed E-state index contributed by atoms with van der Waals surface area (Å²) in [7, 11) is 0. The summed E-state index contributed by atoms with van der Waals surface area (Å²) in [5.41, 5.74) is 6.59. The highest BCUT2D eigenvalue weighted by atomic mass is 32.1. The van der Waals surface area contributed by atoms with Crippen LogP contribution < -0.4 is 15.4 Å². The largest absolute Gasteiger partial charge is 0.486 e. The predicted octanol–water partition coefficient (Wildman–Crippen LogP) is 3.80. The molecule has 20 heavy (non-hydrogen) atoms. The smallest absolute Gasteiger partial charge is 0.177 e. The van der Waals surface area contributed by atoms with Gasteiger partial charge in [-0.3, -0.25) is 4.79 Å². The molecule has 1 heterocycles. The maximum atomic E-state index is 11.7. The Morgan fingerprint density at radius 3 is 2.35 bits per heavy atom. The maximum absolute atomic E-state index is 11.7. The first-order valence-electron chi connectivity index (χ1n) is 7.12. The fourth-order valence-electron chi connectivity index (χ4n) is 2.03. The normalized spacial score (nSPS) is 11.2. The molecule has 0 saturated carbocycles. The molecule has 0 aliphatic carbocycles. The molecule has 1 rings (SSSR count). The molecule has 0 atom stereocenters. The topological polar surface area (TPSA) is 55.6 Å². The van der Waals surface area contributed by atoms with Crippen LogP contribution in [0.5, 0.6) is 5.75 Å². The summed E-state index contributed by atoms with van der Waals surface area (Å²) in [5, 5.41) is 0.970. The first kappa shape index (κ1) is 16.8. The van der Waals surface area contributed by atoms with Crippen molar-refractivity contribution in [2.75, 3.05) is 23.7 Å². The van der Waals surface area contributed by atoms with Crippen LogP contribution in [0.15, 0.2) is 0 Å². The van der Waals surface area contributed by atoms with Crippen molar-refractivity contribution in [2.24, 2.45) is 5.92 Å². The van der Waals surface area contributed by atoms with Crippen molar-refractivity contribution >= 4 is 27.8 Å². The van der Waals surface area contributed by atoms with Crippen molar-refractivity contribution in [3.8, 4) is 5.75 Å². The summed E-state index contributed by atoms with van der Waals surface area (Å²) >= 11 is 1.44. The number of ketones is 1. The number of ether oxygens (including phenoxy) is 1. The van der Waals surface area contributed by atoms with Gasteiger partial charge in [-0.05, 0) is 26.7 Å². The van der Waals surface area contributed by atoms with E-state index in [1.807, 2.05) is 13.8 Å². The van der Waals surface area contributed by atoms with Gasteiger partial charge in [-0.15, -0.1) is 11.3 Å². The average molecular weight is 298 g/mol. The fraction of sp³-hybridized carbons (Fsp3) is 0.667. The van der Waals surface area contributed by atoms with Gasteiger partial charge in [0.2, 0.25) is 0 Å². The average Bonchev–Trinajstić information content (AvgIpc) is 2.63. The Hall–Kier alpha value is -1.23. The molecule has 0 aliphatic rings. The van der Waals surface area contributed by atoms with Crippen LogP contribution in [0.25, 0.3) is 0 Å². The third kappa shape index (κ3) is 3.88. The van der Waals surface area contributed by atoms with Crippen LogP contribution in [-0.2, 0) is 0 Å². The van der Waals surface area contributed by atoms with Gasteiger partial charge in [-0.1, -0.05) is 13.8 Å². The molecule has 0 aromatic carbocycles. The van der Waals surface area contributed by atoms with Crippen LogP contribution in [0.2, 0.25) is 0 Å². The zero-order chi connectivity index (χ0) is 15.4. The maximum Gasteiger partial charge on any atom is 0.177 e. The van der Waals surface area contributed by atoms with Gasteiger partial charge in [0.1, 0.15) is 5.00 Å². The minimum Gasteiger partial charge on any atom is -0.486 e. The Morgan fingerprint density at radius 2 is 1.95 bits per heavy atom. The van der Waals surface area contributed by atoms with Crippen molar-refractivity contribution < 1.29 is 9.53 Å². The van der Waals surface area contributed by atoms with E-state index in [1.165, 1.54) is 11.3 Å². The highest BCUT2D eigenvalue weighted by Crippen LogP contribution is 2.45. The van der Waals surface area contributed by atoms with Gasteiger partial charge in [-0.25, -0.2) is 0 Å². The third-order valence-electron chi connectivity index (χ3n) is 2.81. The van der Waals surface area contributed by atoms with Gasteiger partial charge in [0.15, 0.2) is 11.5 Å². The zero-order valence-corrected chi connectivity index (χ0v) is 14.1. The number of nitrogen functional groups attached to an aromatic ring is 1. The number of anilines is 2. The van der Waals surface area contributed by atoms with Crippen molar-refractivity contribution in [1.29, 1.82) is 0 Å². The molecule has 0 spiro atoms. The molecule has 0 amide bonds. The van der Waals surface area contributed by atoms with Crippen LogP contribution in [0.4, 0.5) is 10.7 Å². The van der Waals surface area contributed by atoms with E-state index < -0.39 is 0 Å². The summed E-state index contributed by atoms with van der Waals surface area (Å²) in [4.78, 5) is 14.5. The summed E-state index contributed by atoms with van der Waals surface area (Å²) in [6.07, 6.45) is 0.0308. The molecular weight excluding hydrogens is 272 g/mol. The van der Waals surface area contributed by atoms with E-state index in [4.69, 9.17) is 10.5 Å². The lowest BCUT2D eigenvalue weighted by atomic mass is 10.2. The number of hydrogen-bond donors (Lipinski definition) is 1. The molecule has 2 N–H and O–H groups in total. The van der Waals surface area contributed by atoms with Gasteiger partial charge in [0, 0.05) is 20.0 Å². The molecule has 114 valence electrons. The number of Topliss-reactive ketones (excluding diaryl/α,β-unsaturated/α-hetero) is 1. The molecule has 0 aliphatic heterocycles. The number of thiophene rings is 1. The second-order valence-corrected chi connectivity index (χ2v) is 6.63. The number of carbonyl (C=O) groups excluding carboxylic acids is 1. The second kappa shape index (κ2) is 6.97. The summed E-state index contributed by atoms with van der Waals surface area (Å²) in [6, 6.07) is 0. The van der Waals surface area contributed by atoms with E-state index in [0.29, 0.717) is 22.2 Å². The predicted molar refractivity (Wildman–Crippen MR) is 87.2 cm³/mol. The molecule has 0 radical (unpaired) electrons. The number of nitrogens with zero attached hydrogens (tertiary/aromatic N) is 1. The van der Waals surface area contributed by atoms with Gasteiger partial charge < -0.3 is 15.4 Å². The van der Waals surface area contributed by atoms with Crippen LogP contribution in [0.3, 0.4) is 0 Å². The summed E-state index contributed by atoms with van der Waals surface area (Å²) in [6.45, 7) is 13.7. The standard InChI is InChI=1S/C15H26N2O2S/c1-7-17(8-9(2)3)15-13(19-10(4)5)12(16)14(20-15)11(6)18/h9-10H,7-8,16H2,1-6H3. The zero-order valence-electron chi connectivity index (χ0n) is 13.3. The number of hydrogen-bond acceptors (Lipinski definition) is 5. The molecule has 0 unspecified atom stereocenters. The first-order valence-corrected chi connectivity index (χ1v) is 7.94. The second-order valence-electron chi connectivity index (χ2n) is 5.63. The Morgan fingerprint density at radius 1 is 1.35 bits per heavy atom. The molecule has 0 bridgehead atoms. The van der Waals surface area contributed by atoms with Gasteiger partial charge in [0.05, 0.1) is 16.7 Å². The minimum absolute atomic E-state index is 0.00652. The minimum atomic E-state index is -0.00652. The monoisotopic (exact) mass is 298 g/mol. The Labute approximate surface area is 125 Å². The third-order valence-corrected chi connectivity index (χ3v) is 4.16. The molecule has 4 nitrogen and oxygen atoms in total. The summed E-state index contributed by atoms with van der Waals surface area (Å²) < 4.78 is 5.86. The van der Waals surface area contributed by atoms with E-state index in [1.54, 1.807) is 6.92 Å². The molecule has 1 aromatic rings. The first-order chi connectivity index (χ1) is 9.27. The quantitative estimate of drug-likeness (QED) is 0.778. The number of nitrogens with two attached hydrogens (primary N) is 1. The highest BCUT2D eigenvalue weighted by Gasteiger charge is 2.24.